The second kappa shape index (κ2) is 5.07. The molecular weight excluding hydrogens is 331 g/mol. The van der Waals surface area contributed by atoms with E-state index in [1.807, 2.05) is 0 Å². The lowest BCUT2D eigenvalue weighted by Gasteiger charge is -2.10. The summed E-state index contributed by atoms with van der Waals surface area (Å²) in [6.07, 6.45) is 0. The van der Waals surface area contributed by atoms with Gasteiger partial charge in [0.25, 0.3) is 0 Å². The van der Waals surface area contributed by atoms with E-state index >= 15 is 0 Å². The topological polar surface area (TPSA) is 63.8 Å². The van der Waals surface area contributed by atoms with E-state index in [0.29, 0.717) is 17.2 Å². The van der Waals surface area contributed by atoms with Gasteiger partial charge in [0.05, 0.1) is 5.69 Å². The molecule has 2 heterocycles. The number of thioether (sulfide) groups is 1. The Bertz CT molecular complexity index is 650. The van der Waals surface area contributed by atoms with E-state index in [0.717, 1.165) is 27.2 Å². The van der Waals surface area contributed by atoms with Crippen molar-refractivity contribution in [1.82, 2.24) is 9.97 Å². The average Bonchev–Trinajstić information content (AvgIpc) is 2.88. The fraction of sp³-hybridized carbons (Fsp3) is 0.167. The monoisotopic (exact) mass is 340 g/mol. The number of nitrogens with one attached hydrogen (secondary N) is 1. The van der Waals surface area contributed by atoms with Gasteiger partial charge in [-0.05, 0) is 18.2 Å². The molecule has 0 fully saturated rings. The van der Waals surface area contributed by atoms with Gasteiger partial charge < -0.3 is 5.43 Å². The van der Waals surface area contributed by atoms with Crippen molar-refractivity contribution in [3.05, 3.63) is 39.7 Å². The molecule has 1 aliphatic rings. The maximum Gasteiger partial charge on any atom is 0.163 e. The zero-order chi connectivity index (χ0) is 13.4. The molecule has 0 atom stereocenters. The quantitative estimate of drug-likeness (QED) is 0.649. The molecule has 0 bridgehead atoms. The first-order valence-electron chi connectivity index (χ1n) is 5.58. The highest BCUT2D eigenvalue weighted by atomic mass is 79.9. The van der Waals surface area contributed by atoms with Crippen LogP contribution in [0.2, 0.25) is 0 Å². The third kappa shape index (κ3) is 2.33. The van der Waals surface area contributed by atoms with Crippen LogP contribution in [0.5, 0.6) is 0 Å². The molecule has 3 N–H and O–H groups in total. The van der Waals surface area contributed by atoms with Crippen molar-refractivity contribution in [2.45, 2.75) is 11.5 Å². The van der Waals surface area contributed by atoms with Crippen LogP contribution < -0.4 is 11.3 Å². The molecule has 3 rings (SSSR count). The number of aromatic nitrogens is 2. The largest absolute Gasteiger partial charge is 0.308 e. The Balaban J connectivity index is 2.18. The molecule has 0 saturated heterocycles. The summed E-state index contributed by atoms with van der Waals surface area (Å²) in [5.41, 5.74) is 5.21. The van der Waals surface area contributed by atoms with Gasteiger partial charge in [0.2, 0.25) is 0 Å². The summed E-state index contributed by atoms with van der Waals surface area (Å²) in [5, 5.41) is 0. The van der Waals surface area contributed by atoms with Crippen molar-refractivity contribution in [3.63, 3.8) is 0 Å². The maximum atomic E-state index is 13.4. The van der Waals surface area contributed by atoms with Crippen LogP contribution in [-0.2, 0) is 11.5 Å². The Morgan fingerprint density at radius 1 is 1.32 bits per heavy atom. The van der Waals surface area contributed by atoms with Crippen LogP contribution in [0, 0.1) is 5.82 Å². The van der Waals surface area contributed by atoms with E-state index in [1.165, 1.54) is 12.1 Å². The third-order valence-corrected chi connectivity index (χ3v) is 4.55. The van der Waals surface area contributed by atoms with Crippen molar-refractivity contribution < 1.29 is 4.39 Å². The highest BCUT2D eigenvalue weighted by Crippen LogP contribution is 2.35. The van der Waals surface area contributed by atoms with Gasteiger partial charge in [0.15, 0.2) is 5.82 Å². The van der Waals surface area contributed by atoms with Crippen molar-refractivity contribution in [2.24, 2.45) is 5.84 Å². The Kier molecular flexibility index (Phi) is 3.42. The molecule has 4 nitrogen and oxygen atoms in total. The smallest absolute Gasteiger partial charge is 0.163 e. The summed E-state index contributed by atoms with van der Waals surface area (Å²) < 4.78 is 14.1. The number of hydrogen-bond acceptors (Lipinski definition) is 5. The number of halogens is 2. The molecule has 1 aromatic heterocycles. The van der Waals surface area contributed by atoms with E-state index < -0.39 is 0 Å². The molecule has 1 aliphatic heterocycles. The van der Waals surface area contributed by atoms with Gasteiger partial charge in [-0.3, -0.25) is 0 Å². The predicted octanol–water partition coefficient (Wildman–Crippen LogP) is 3.08. The molecule has 7 heteroatoms. The van der Waals surface area contributed by atoms with E-state index in [4.69, 9.17) is 5.84 Å². The molecule has 1 aromatic carbocycles. The fourth-order valence-electron chi connectivity index (χ4n) is 1.96. The minimum atomic E-state index is -0.320. The number of nitrogens with two attached hydrogens (primary N) is 1. The first-order valence-corrected chi connectivity index (χ1v) is 7.53. The van der Waals surface area contributed by atoms with Crippen LogP contribution >= 0.6 is 27.7 Å². The van der Waals surface area contributed by atoms with E-state index in [-0.39, 0.29) is 5.82 Å². The Hall–Kier alpha value is -1.18. The predicted molar refractivity (Wildman–Crippen MR) is 77.9 cm³/mol. The Morgan fingerprint density at radius 2 is 2.16 bits per heavy atom. The Morgan fingerprint density at radius 3 is 2.95 bits per heavy atom. The standard InChI is InChI=1S/C12H10BrFN4S/c13-9-2-1-6(14)3-7(9)11-16-10-5-19-4-8(10)12(17-11)18-15/h1-3H,4-5,15H2,(H,16,17,18). The van der Waals surface area contributed by atoms with Gasteiger partial charge in [-0.15, -0.1) is 0 Å². The van der Waals surface area contributed by atoms with Crippen LogP contribution in [0.4, 0.5) is 10.2 Å². The molecule has 0 amide bonds. The van der Waals surface area contributed by atoms with Gasteiger partial charge >= 0.3 is 0 Å². The van der Waals surface area contributed by atoms with Gasteiger partial charge in [-0.2, -0.15) is 11.8 Å². The van der Waals surface area contributed by atoms with Crippen LogP contribution in [-0.4, -0.2) is 9.97 Å². The number of nitrogen functional groups attached to an aromatic ring is 1. The van der Waals surface area contributed by atoms with Gasteiger partial charge in [-0.25, -0.2) is 20.2 Å². The molecule has 0 saturated carbocycles. The number of hydrogen-bond donors (Lipinski definition) is 2. The average molecular weight is 341 g/mol. The summed E-state index contributed by atoms with van der Waals surface area (Å²) in [6.45, 7) is 0. The first-order chi connectivity index (χ1) is 9.19. The van der Waals surface area contributed by atoms with Crippen LogP contribution in [0.1, 0.15) is 11.3 Å². The van der Waals surface area contributed by atoms with Gasteiger partial charge in [0.1, 0.15) is 11.6 Å². The molecule has 0 unspecified atom stereocenters. The molecule has 2 aromatic rings. The second-order valence-corrected chi connectivity index (χ2v) is 5.92. The highest BCUT2D eigenvalue weighted by molar-refractivity contribution is 9.10. The van der Waals surface area contributed by atoms with E-state index in [2.05, 4.69) is 31.3 Å². The zero-order valence-corrected chi connectivity index (χ0v) is 12.2. The molecule has 19 heavy (non-hydrogen) atoms. The minimum Gasteiger partial charge on any atom is -0.308 e. The summed E-state index contributed by atoms with van der Waals surface area (Å²) >= 11 is 5.15. The summed E-state index contributed by atoms with van der Waals surface area (Å²) in [7, 11) is 0. The molecule has 0 spiro atoms. The third-order valence-electron chi connectivity index (χ3n) is 2.88. The number of fused-ring (bicyclic) bond motifs is 1. The van der Waals surface area contributed by atoms with Gasteiger partial charge in [-0.1, -0.05) is 15.9 Å². The lowest BCUT2D eigenvalue weighted by molar-refractivity contribution is 0.628. The number of nitrogens with zero attached hydrogens (tertiary/aromatic N) is 2. The van der Waals surface area contributed by atoms with E-state index in [1.54, 1.807) is 17.8 Å². The lowest BCUT2D eigenvalue weighted by Crippen LogP contribution is -2.12. The van der Waals surface area contributed by atoms with Crippen molar-refractivity contribution in [3.8, 4) is 11.4 Å². The summed E-state index contributed by atoms with van der Waals surface area (Å²) in [6, 6.07) is 4.44. The van der Waals surface area contributed by atoms with E-state index in [9.17, 15) is 4.39 Å². The number of anilines is 1. The van der Waals surface area contributed by atoms with Crippen molar-refractivity contribution in [2.75, 3.05) is 5.43 Å². The summed E-state index contributed by atoms with van der Waals surface area (Å²) in [4.78, 5) is 8.89. The maximum absolute atomic E-state index is 13.4. The zero-order valence-electron chi connectivity index (χ0n) is 9.78. The molecule has 98 valence electrons. The van der Waals surface area contributed by atoms with Crippen LogP contribution in [0.15, 0.2) is 22.7 Å². The van der Waals surface area contributed by atoms with Gasteiger partial charge in [0, 0.05) is 27.1 Å². The number of hydrazine groups is 1. The lowest BCUT2D eigenvalue weighted by atomic mass is 10.2. The normalized spacial score (nSPS) is 13.4. The number of rotatable bonds is 2. The van der Waals surface area contributed by atoms with Crippen molar-refractivity contribution >= 4 is 33.5 Å². The fourth-order valence-corrected chi connectivity index (χ4v) is 3.43. The van der Waals surface area contributed by atoms with Crippen molar-refractivity contribution in [1.29, 1.82) is 0 Å². The minimum absolute atomic E-state index is 0.320. The number of benzene rings is 1. The molecule has 0 aliphatic carbocycles. The first kappa shape index (κ1) is 12.8. The highest BCUT2D eigenvalue weighted by Gasteiger charge is 2.20. The SMILES string of the molecule is NNc1nc(-c2cc(F)ccc2Br)nc2c1CSC2. The van der Waals surface area contributed by atoms with Crippen LogP contribution in [0.3, 0.4) is 0 Å². The summed E-state index contributed by atoms with van der Waals surface area (Å²) in [5.74, 6) is 7.94. The van der Waals surface area contributed by atoms with Crippen LogP contribution in [0.25, 0.3) is 11.4 Å². The second-order valence-electron chi connectivity index (χ2n) is 4.08. The Labute approximate surface area is 122 Å². The molecular formula is C12H10BrFN4S. The molecule has 0 radical (unpaired) electrons.